The highest BCUT2D eigenvalue weighted by atomic mass is 32.2. The monoisotopic (exact) mass is 551 g/mol. The second-order valence-electron chi connectivity index (χ2n) is 10.6. The van der Waals surface area contributed by atoms with Crippen molar-refractivity contribution in [1.82, 2.24) is 15.1 Å². The summed E-state index contributed by atoms with van der Waals surface area (Å²) < 4.78 is 10.8. The smallest absolute Gasteiger partial charge is 0.412 e. The predicted octanol–water partition coefficient (Wildman–Crippen LogP) is 4.72. The van der Waals surface area contributed by atoms with Crippen molar-refractivity contribution < 1.29 is 23.9 Å². The number of nitrogens with zero attached hydrogens (tertiary/aromatic N) is 2. The van der Waals surface area contributed by atoms with Crippen LogP contribution in [0.2, 0.25) is 0 Å². The summed E-state index contributed by atoms with van der Waals surface area (Å²) in [6, 6.07) is 6.82. The zero-order chi connectivity index (χ0) is 26.8. The zero-order valence-electron chi connectivity index (χ0n) is 22.4. The Bertz CT molecular complexity index is 887. The molecule has 2 atom stereocenters. The lowest BCUT2D eigenvalue weighted by molar-refractivity contribution is -0.136. The topological polar surface area (TPSA) is 88.2 Å². The molecule has 1 saturated carbocycles. The quantitative estimate of drug-likeness (QED) is 0.398. The van der Waals surface area contributed by atoms with Crippen LogP contribution in [0.1, 0.15) is 58.4 Å². The van der Waals surface area contributed by atoms with Crippen molar-refractivity contribution in [2.75, 3.05) is 30.2 Å². The van der Waals surface area contributed by atoms with E-state index in [0.29, 0.717) is 36.3 Å². The summed E-state index contributed by atoms with van der Waals surface area (Å²) in [6.07, 6.45) is 5.99. The van der Waals surface area contributed by atoms with Gasteiger partial charge in [-0.1, -0.05) is 31.4 Å². The van der Waals surface area contributed by atoms with Crippen LogP contribution >= 0.6 is 23.5 Å². The molecule has 1 aromatic carbocycles. The normalized spacial score (nSPS) is 19.2. The van der Waals surface area contributed by atoms with Gasteiger partial charge in [0.25, 0.3) is 0 Å². The molecule has 2 fully saturated rings. The lowest BCUT2D eigenvalue weighted by Gasteiger charge is -2.37. The summed E-state index contributed by atoms with van der Waals surface area (Å²) in [7, 11) is 1.61. The second-order valence-corrected chi connectivity index (χ2v) is 12.7. The van der Waals surface area contributed by atoms with Crippen LogP contribution in [-0.4, -0.2) is 76.3 Å². The number of amides is 3. The highest BCUT2D eigenvalue weighted by Crippen LogP contribution is 2.30. The molecule has 0 aromatic heterocycles. The van der Waals surface area contributed by atoms with Gasteiger partial charge in [-0.25, -0.2) is 4.79 Å². The van der Waals surface area contributed by atoms with Crippen molar-refractivity contribution in [3.8, 4) is 5.75 Å². The third-order valence-corrected chi connectivity index (χ3v) is 8.85. The number of carbonyl (C=O) groups is 3. The highest BCUT2D eigenvalue weighted by molar-refractivity contribution is 7.99. The van der Waals surface area contributed by atoms with E-state index in [1.165, 1.54) is 37.0 Å². The van der Waals surface area contributed by atoms with Crippen molar-refractivity contribution in [3.05, 3.63) is 29.8 Å². The molecule has 1 aliphatic carbocycles. The first-order valence-electron chi connectivity index (χ1n) is 13.0. The highest BCUT2D eigenvalue weighted by Gasteiger charge is 2.40. The summed E-state index contributed by atoms with van der Waals surface area (Å²) in [6.45, 7) is 5.79. The third-order valence-electron chi connectivity index (χ3n) is 6.59. The first-order chi connectivity index (χ1) is 17.7. The fourth-order valence-corrected chi connectivity index (χ4v) is 7.07. The molecule has 0 unspecified atom stereocenters. The van der Waals surface area contributed by atoms with Gasteiger partial charge in [0.1, 0.15) is 23.6 Å². The Morgan fingerprint density at radius 1 is 1.22 bits per heavy atom. The largest absolute Gasteiger partial charge is 0.497 e. The molecule has 2 aliphatic rings. The van der Waals surface area contributed by atoms with E-state index in [4.69, 9.17) is 9.47 Å². The number of hydrogen-bond donors (Lipinski definition) is 1. The zero-order valence-corrected chi connectivity index (χ0v) is 24.1. The minimum atomic E-state index is -0.696. The summed E-state index contributed by atoms with van der Waals surface area (Å²) in [4.78, 5) is 41.9. The van der Waals surface area contributed by atoms with Crippen molar-refractivity contribution in [3.63, 3.8) is 0 Å². The predicted molar refractivity (Wildman–Crippen MR) is 150 cm³/mol. The van der Waals surface area contributed by atoms with E-state index in [2.05, 4.69) is 5.32 Å². The SMILES string of the molecule is COc1ccc(CNC(=O)[C@@H](CSCC2CCCCC2)N(C=O)[C@H]2CSCN2C(=O)OC(C)(C)C)cc1. The molecule has 0 radical (unpaired) electrons. The van der Waals surface area contributed by atoms with E-state index >= 15 is 0 Å². The average molecular weight is 552 g/mol. The standard InChI is InChI=1S/C27H41N3O5S2/c1-27(2,3)35-26(33)30-19-37-17-24(30)29(18-31)23(16-36-15-21-8-6-5-7-9-21)25(32)28-14-20-10-12-22(34-4)13-11-20/h10-13,18,21,23-24H,5-9,14-17,19H2,1-4H3,(H,28,32)/t23-,24-/m1/s1. The number of carbonyl (C=O) groups excluding carboxylic acids is 3. The molecule has 3 amide bonds. The first-order valence-corrected chi connectivity index (χ1v) is 15.3. The summed E-state index contributed by atoms with van der Waals surface area (Å²) in [5.41, 5.74) is 0.290. The molecular formula is C27H41N3O5S2. The number of thioether (sulfide) groups is 2. The maximum absolute atomic E-state index is 13.5. The van der Waals surface area contributed by atoms with Crippen molar-refractivity contribution >= 4 is 41.9 Å². The van der Waals surface area contributed by atoms with Gasteiger partial charge < -0.3 is 19.7 Å². The van der Waals surface area contributed by atoms with Crippen LogP contribution in [-0.2, 0) is 20.9 Å². The lowest BCUT2D eigenvalue weighted by Crippen LogP contribution is -2.57. The molecule has 1 heterocycles. The fraction of sp³-hybridized carbons (Fsp3) is 0.667. The van der Waals surface area contributed by atoms with E-state index in [1.54, 1.807) is 35.5 Å². The maximum atomic E-state index is 13.5. The van der Waals surface area contributed by atoms with Crippen LogP contribution in [0.4, 0.5) is 4.79 Å². The molecule has 10 heteroatoms. The molecule has 0 spiro atoms. The summed E-state index contributed by atoms with van der Waals surface area (Å²) >= 11 is 3.28. The first kappa shape index (κ1) is 29.5. The molecule has 1 saturated heterocycles. The van der Waals surface area contributed by atoms with Gasteiger partial charge in [-0.2, -0.15) is 11.8 Å². The molecule has 3 rings (SSSR count). The average Bonchev–Trinajstić information content (AvgIpc) is 3.36. The molecule has 0 bridgehead atoms. The number of methoxy groups -OCH3 is 1. The van der Waals surface area contributed by atoms with Gasteiger partial charge in [0.05, 0.1) is 13.0 Å². The number of nitrogens with one attached hydrogen (secondary N) is 1. The summed E-state index contributed by atoms with van der Waals surface area (Å²) in [5, 5.41) is 3.01. The van der Waals surface area contributed by atoms with Gasteiger partial charge >= 0.3 is 6.09 Å². The summed E-state index contributed by atoms with van der Waals surface area (Å²) in [5.74, 6) is 3.59. The Hall–Kier alpha value is -2.07. The molecule has 1 N–H and O–H groups in total. The minimum Gasteiger partial charge on any atom is -0.497 e. The van der Waals surface area contributed by atoms with Gasteiger partial charge in [-0.3, -0.25) is 14.5 Å². The van der Waals surface area contributed by atoms with Crippen molar-refractivity contribution in [2.45, 2.75) is 77.2 Å². The number of ether oxygens (including phenoxy) is 2. The molecule has 206 valence electrons. The molecule has 37 heavy (non-hydrogen) atoms. The molecule has 8 nitrogen and oxygen atoms in total. The van der Waals surface area contributed by atoms with Crippen LogP contribution < -0.4 is 10.1 Å². The Kier molecular flexibility index (Phi) is 11.3. The maximum Gasteiger partial charge on any atom is 0.412 e. The molecular weight excluding hydrogens is 510 g/mol. The molecule has 1 aliphatic heterocycles. The van der Waals surface area contributed by atoms with Crippen LogP contribution in [0, 0.1) is 5.92 Å². The number of rotatable bonds is 11. The van der Waals surface area contributed by atoms with Gasteiger partial charge in [0.2, 0.25) is 12.3 Å². The number of benzene rings is 1. The third kappa shape index (κ3) is 9.02. The van der Waals surface area contributed by atoms with Crippen LogP contribution in [0.25, 0.3) is 0 Å². The van der Waals surface area contributed by atoms with Gasteiger partial charge in [0, 0.05) is 18.1 Å². The van der Waals surface area contributed by atoms with Gasteiger partial charge in [-0.05, 0) is 63.0 Å². The lowest BCUT2D eigenvalue weighted by atomic mass is 9.91. The van der Waals surface area contributed by atoms with E-state index in [1.807, 2.05) is 45.0 Å². The Morgan fingerprint density at radius 3 is 2.54 bits per heavy atom. The Morgan fingerprint density at radius 2 is 1.92 bits per heavy atom. The minimum absolute atomic E-state index is 0.222. The van der Waals surface area contributed by atoms with Gasteiger partial charge in [0.15, 0.2) is 0 Å². The van der Waals surface area contributed by atoms with E-state index in [-0.39, 0.29) is 5.91 Å². The Balaban J connectivity index is 1.71. The Labute approximate surface area is 229 Å². The van der Waals surface area contributed by atoms with E-state index < -0.39 is 23.9 Å². The van der Waals surface area contributed by atoms with E-state index in [0.717, 1.165) is 17.1 Å². The van der Waals surface area contributed by atoms with Crippen LogP contribution in [0.5, 0.6) is 5.75 Å². The van der Waals surface area contributed by atoms with Crippen LogP contribution in [0.3, 0.4) is 0 Å². The van der Waals surface area contributed by atoms with E-state index in [9.17, 15) is 14.4 Å². The van der Waals surface area contributed by atoms with Crippen molar-refractivity contribution in [2.24, 2.45) is 5.92 Å². The van der Waals surface area contributed by atoms with Gasteiger partial charge in [-0.15, -0.1) is 11.8 Å². The van der Waals surface area contributed by atoms with Crippen molar-refractivity contribution in [1.29, 1.82) is 0 Å². The molecule has 1 aromatic rings. The number of hydrogen-bond acceptors (Lipinski definition) is 7. The second kappa shape index (κ2) is 14.2. The van der Waals surface area contributed by atoms with Crippen LogP contribution in [0.15, 0.2) is 24.3 Å². The fourth-order valence-electron chi connectivity index (χ4n) is 4.57.